The van der Waals surface area contributed by atoms with Crippen LogP contribution in [-0.4, -0.2) is 34.7 Å². The van der Waals surface area contributed by atoms with Crippen LogP contribution in [-0.2, 0) is 10.2 Å². The molecule has 1 aliphatic rings. The number of carbonyl (C=O) groups is 1. The fourth-order valence-corrected chi connectivity index (χ4v) is 2.79. The second-order valence-electron chi connectivity index (χ2n) is 6.52. The fraction of sp³-hybridized carbons (Fsp3) is 0.625. The number of ether oxygens (including phenoxy) is 1. The maximum absolute atomic E-state index is 12.2. The predicted octanol–water partition coefficient (Wildman–Crippen LogP) is 3.37. The molecule has 4 heteroatoms. The highest BCUT2D eigenvalue weighted by molar-refractivity contribution is 5.69. The molecule has 1 aliphatic heterocycles. The molecule has 0 radical (unpaired) electrons. The first-order chi connectivity index (χ1) is 9.36. The third-order valence-electron chi connectivity index (χ3n) is 3.97. The zero-order valence-electron chi connectivity index (χ0n) is 12.8. The molecule has 110 valence electrons. The van der Waals surface area contributed by atoms with E-state index in [0.29, 0.717) is 0 Å². The Morgan fingerprint density at radius 2 is 2.05 bits per heavy atom. The van der Waals surface area contributed by atoms with Gasteiger partial charge in [0.25, 0.3) is 0 Å². The lowest BCUT2D eigenvalue weighted by atomic mass is 9.78. The van der Waals surface area contributed by atoms with Crippen molar-refractivity contribution < 1.29 is 9.53 Å². The second-order valence-corrected chi connectivity index (χ2v) is 6.52. The largest absolute Gasteiger partial charge is 0.444 e. The van der Waals surface area contributed by atoms with Crippen LogP contribution in [0.3, 0.4) is 0 Å². The number of rotatable bonds is 2. The van der Waals surface area contributed by atoms with Crippen LogP contribution in [0.25, 0.3) is 0 Å². The van der Waals surface area contributed by atoms with Crippen molar-refractivity contribution in [3.8, 4) is 0 Å². The van der Waals surface area contributed by atoms with E-state index in [9.17, 15) is 4.79 Å². The van der Waals surface area contributed by atoms with Crippen LogP contribution in [0.2, 0.25) is 0 Å². The minimum absolute atomic E-state index is 0.0415. The Morgan fingerprint density at radius 1 is 1.40 bits per heavy atom. The summed E-state index contributed by atoms with van der Waals surface area (Å²) in [5.74, 6) is 0. The van der Waals surface area contributed by atoms with Crippen molar-refractivity contribution in [3.63, 3.8) is 0 Å². The molecule has 0 bridgehead atoms. The molecule has 0 N–H and O–H groups in total. The average molecular weight is 276 g/mol. The Hall–Kier alpha value is -1.58. The SMILES string of the molecule is CCC1(c2ccncc2)CCN(C(=O)OC(C)(C)C)C1. The molecule has 0 aliphatic carbocycles. The van der Waals surface area contributed by atoms with Gasteiger partial charge in [-0.3, -0.25) is 4.98 Å². The van der Waals surface area contributed by atoms with Crippen molar-refractivity contribution in [1.82, 2.24) is 9.88 Å². The number of amides is 1. The topological polar surface area (TPSA) is 42.4 Å². The highest BCUT2D eigenvalue weighted by Crippen LogP contribution is 2.37. The van der Waals surface area contributed by atoms with Crippen molar-refractivity contribution >= 4 is 6.09 Å². The van der Waals surface area contributed by atoms with Gasteiger partial charge in [0.1, 0.15) is 5.60 Å². The van der Waals surface area contributed by atoms with E-state index in [2.05, 4.69) is 24.0 Å². The smallest absolute Gasteiger partial charge is 0.410 e. The standard InChI is InChI=1S/C16H24N2O2/c1-5-16(13-6-9-17-10-7-13)8-11-18(12-16)14(19)20-15(2,3)4/h6-7,9-10H,5,8,11-12H2,1-4H3. The minimum atomic E-state index is -0.439. The third kappa shape index (κ3) is 3.11. The van der Waals surface area contributed by atoms with Gasteiger partial charge in [-0.2, -0.15) is 0 Å². The van der Waals surface area contributed by atoms with Crippen LogP contribution >= 0.6 is 0 Å². The first kappa shape index (κ1) is 14.8. The lowest BCUT2D eigenvalue weighted by molar-refractivity contribution is 0.0283. The summed E-state index contributed by atoms with van der Waals surface area (Å²) in [5, 5.41) is 0. The molecule has 1 fully saturated rings. The summed E-state index contributed by atoms with van der Waals surface area (Å²) in [6, 6.07) is 4.12. The van der Waals surface area contributed by atoms with E-state index in [4.69, 9.17) is 4.74 Å². The van der Waals surface area contributed by atoms with Gasteiger partial charge in [0.2, 0.25) is 0 Å². The highest BCUT2D eigenvalue weighted by atomic mass is 16.6. The van der Waals surface area contributed by atoms with E-state index in [1.165, 1.54) is 5.56 Å². The Morgan fingerprint density at radius 3 is 2.60 bits per heavy atom. The van der Waals surface area contributed by atoms with Gasteiger partial charge >= 0.3 is 6.09 Å². The molecule has 1 atom stereocenters. The van der Waals surface area contributed by atoms with Crippen molar-refractivity contribution in [1.29, 1.82) is 0 Å². The maximum atomic E-state index is 12.2. The number of hydrogen-bond donors (Lipinski definition) is 0. The van der Waals surface area contributed by atoms with Gasteiger partial charge in [-0.05, 0) is 51.3 Å². The zero-order chi connectivity index (χ0) is 14.8. The van der Waals surface area contributed by atoms with Crippen molar-refractivity contribution in [2.24, 2.45) is 0 Å². The Labute approximate surface area is 121 Å². The predicted molar refractivity (Wildman–Crippen MR) is 78.6 cm³/mol. The summed E-state index contributed by atoms with van der Waals surface area (Å²) in [4.78, 5) is 18.1. The molecular weight excluding hydrogens is 252 g/mol. The summed E-state index contributed by atoms with van der Waals surface area (Å²) in [6.45, 7) is 9.36. The quantitative estimate of drug-likeness (QED) is 0.831. The van der Waals surface area contributed by atoms with Crippen LogP contribution in [0, 0.1) is 0 Å². The average Bonchev–Trinajstić information content (AvgIpc) is 2.84. The van der Waals surface area contributed by atoms with Gasteiger partial charge in [0.15, 0.2) is 0 Å². The van der Waals surface area contributed by atoms with E-state index in [0.717, 1.165) is 25.9 Å². The number of nitrogens with zero attached hydrogens (tertiary/aromatic N) is 2. The Bertz CT molecular complexity index is 467. The van der Waals surface area contributed by atoms with Crippen molar-refractivity contribution in [2.45, 2.75) is 51.6 Å². The monoisotopic (exact) mass is 276 g/mol. The summed E-state index contributed by atoms with van der Waals surface area (Å²) < 4.78 is 5.47. The van der Waals surface area contributed by atoms with E-state index in [1.807, 2.05) is 38.1 Å². The normalized spacial score (nSPS) is 22.9. The van der Waals surface area contributed by atoms with Crippen molar-refractivity contribution in [3.05, 3.63) is 30.1 Å². The highest BCUT2D eigenvalue weighted by Gasteiger charge is 2.41. The van der Waals surface area contributed by atoms with Gasteiger partial charge in [0.05, 0.1) is 0 Å². The molecule has 1 aromatic heterocycles. The summed E-state index contributed by atoms with van der Waals surface area (Å²) in [7, 11) is 0. The molecule has 1 amide bonds. The summed E-state index contributed by atoms with van der Waals surface area (Å²) in [5.41, 5.74) is 0.867. The van der Waals surface area contributed by atoms with Crippen LogP contribution in [0.15, 0.2) is 24.5 Å². The minimum Gasteiger partial charge on any atom is -0.444 e. The summed E-state index contributed by atoms with van der Waals surface area (Å²) >= 11 is 0. The van der Waals surface area contributed by atoms with Crippen LogP contribution < -0.4 is 0 Å². The molecular formula is C16H24N2O2. The Balaban J connectivity index is 2.12. The molecule has 2 rings (SSSR count). The summed E-state index contributed by atoms with van der Waals surface area (Å²) in [6.07, 6.45) is 5.43. The van der Waals surface area contributed by atoms with E-state index >= 15 is 0 Å². The molecule has 1 saturated heterocycles. The third-order valence-corrected chi connectivity index (χ3v) is 3.97. The molecule has 4 nitrogen and oxygen atoms in total. The van der Waals surface area contributed by atoms with E-state index in [-0.39, 0.29) is 11.5 Å². The number of pyridine rings is 1. The van der Waals surface area contributed by atoms with Crippen LogP contribution in [0.4, 0.5) is 4.79 Å². The lowest BCUT2D eigenvalue weighted by Crippen LogP contribution is -2.38. The molecule has 2 heterocycles. The fourth-order valence-electron chi connectivity index (χ4n) is 2.79. The Kier molecular flexibility index (Phi) is 4.02. The second kappa shape index (κ2) is 5.43. The van der Waals surface area contributed by atoms with Crippen LogP contribution in [0.1, 0.15) is 46.1 Å². The van der Waals surface area contributed by atoms with Crippen molar-refractivity contribution in [2.75, 3.05) is 13.1 Å². The van der Waals surface area contributed by atoms with Gasteiger partial charge in [0, 0.05) is 30.9 Å². The van der Waals surface area contributed by atoms with Gasteiger partial charge in [-0.1, -0.05) is 6.92 Å². The van der Waals surface area contributed by atoms with E-state index in [1.54, 1.807) is 0 Å². The molecule has 1 aromatic rings. The van der Waals surface area contributed by atoms with Gasteiger partial charge in [-0.25, -0.2) is 4.79 Å². The molecule has 0 aromatic carbocycles. The maximum Gasteiger partial charge on any atom is 0.410 e. The van der Waals surface area contributed by atoms with Gasteiger partial charge in [-0.15, -0.1) is 0 Å². The molecule has 20 heavy (non-hydrogen) atoms. The number of likely N-dealkylation sites (tertiary alicyclic amines) is 1. The molecule has 0 saturated carbocycles. The lowest BCUT2D eigenvalue weighted by Gasteiger charge is -2.29. The number of aromatic nitrogens is 1. The van der Waals surface area contributed by atoms with E-state index < -0.39 is 5.60 Å². The number of carbonyl (C=O) groups excluding carboxylic acids is 1. The molecule has 1 unspecified atom stereocenters. The number of hydrogen-bond acceptors (Lipinski definition) is 3. The zero-order valence-corrected chi connectivity index (χ0v) is 12.8. The van der Waals surface area contributed by atoms with Gasteiger partial charge < -0.3 is 9.64 Å². The first-order valence-electron chi connectivity index (χ1n) is 7.25. The van der Waals surface area contributed by atoms with Crippen LogP contribution in [0.5, 0.6) is 0 Å². The molecule has 0 spiro atoms. The first-order valence-corrected chi connectivity index (χ1v) is 7.25.